The van der Waals surface area contributed by atoms with Gasteiger partial charge < -0.3 is 14.6 Å². The molecule has 0 spiro atoms. The highest BCUT2D eigenvalue weighted by Gasteiger charge is 2.27. The second kappa shape index (κ2) is 8.35. The fourth-order valence-corrected chi connectivity index (χ4v) is 3.09. The molecule has 24 heavy (non-hydrogen) atoms. The summed E-state index contributed by atoms with van der Waals surface area (Å²) in [6, 6.07) is 5.86. The van der Waals surface area contributed by atoms with Crippen LogP contribution in [0.1, 0.15) is 42.4 Å². The van der Waals surface area contributed by atoms with Gasteiger partial charge in [0.15, 0.2) is 11.5 Å². The van der Waals surface area contributed by atoms with Gasteiger partial charge in [0.1, 0.15) is 11.5 Å². The monoisotopic (exact) mass is 352 g/mol. The summed E-state index contributed by atoms with van der Waals surface area (Å²) in [7, 11) is 0. The van der Waals surface area contributed by atoms with Gasteiger partial charge in [0.05, 0.1) is 0 Å². The van der Waals surface area contributed by atoms with Crippen LogP contribution >= 0.6 is 12.4 Å². The number of aromatic nitrogens is 2. The maximum absolute atomic E-state index is 12.9. The topological polar surface area (TPSA) is 74.2 Å². The van der Waals surface area contributed by atoms with Crippen molar-refractivity contribution in [1.29, 1.82) is 0 Å². The summed E-state index contributed by atoms with van der Waals surface area (Å²) in [6.45, 7) is 6.70. The van der Waals surface area contributed by atoms with E-state index in [2.05, 4.69) is 22.4 Å². The van der Waals surface area contributed by atoms with Crippen LogP contribution in [-0.4, -0.2) is 46.7 Å². The molecule has 1 fully saturated rings. The summed E-state index contributed by atoms with van der Waals surface area (Å²) in [5, 5.41) is 10.5. The van der Waals surface area contributed by atoms with Crippen LogP contribution in [0.2, 0.25) is 0 Å². The Morgan fingerprint density at radius 3 is 2.75 bits per heavy atom. The molecule has 0 aromatic carbocycles. The lowest BCUT2D eigenvalue weighted by Gasteiger charge is -2.34. The van der Waals surface area contributed by atoms with Crippen molar-refractivity contribution in [2.24, 2.45) is 0 Å². The van der Waals surface area contributed by atoms with Crippen molar-refractivity contribution < 1.29 is 9.21 Å². The van der Waals surface area contributed by atoms with Crippen LogP contribution in [0.25, 0.3) is 11.5 Å². The van der Waals surface area contributed by atoms with Gasteiger partial charge in [0.2, 0.25) is 0 Å². The zero-order chi connectivity index (χ0) is 16.2. The number of aryl methyl sites for hydroxylation is 1. The zero-order valence-electron chi connectivity index (χ0n) is 14.2. The molecule has 0 aliphatic carbocycles. The lowest BCUT2D eigenvalue weighted by atomic mass is 10.0. The van der Waals surface area contributed by atoms with Gasteiger partial charge in [-0.1, -0.05) is 6.92 Å². The number of amides is 1. The molecule has 2 aromatic rings. The standard InChI is InChI=1S/C17H24N4O2.ClH/c1-3-10-21(13-6-8-18-9-7-13)17(22)15-11-14(19-20-15)16-5-4-12(2)23-16;/h4-5,11,13,18H,3,6-10H2,1-2H3,(H,19,20);1H. The number of H-pyrrole nitrogens is 1. The Morgan fingerprint density at radius 2 is 2.12 bits per heavy atom. The third-order valence-electron chi connectivity index (χ3n) is 4.28. The molecule has 7 heteroatoms. The predicted molar refractivity (Wildman–Crippen MR) is 95.5 cm³/mol. The summed E-state index contributed by atoms with van der Waals surface area (Å²) in [6.07, 6.45) is 2.95. The van der Waals surface area contributed by atoms with E-state index in [1.54, 1.807) is 6.07 Å². The lowest BCUT2D eigenvalue weighted by Crippen LogP contribution is -2.46. The molecule has 2 N–H and O–H groups in total. The first kappa shape index (κ1) is 18.5. The molecule has 0 unspecified atom stereocenters. The van der Waals surface area contributed by atoms with Gasteiger partial charge in [-0.15, -0.1) is 12.4 Å². The van der Waals surface area contributed by atoms with Crippen LogP contribution in [0, 0.1) is 6.92 Å². The first-order valence-electron chi connectivity index (χ1n) is 8.33. The second-order valence-corrected chi connectivity index (χ2v) is 6.06. The van der Waals surface area contributed by atoms with E-state index >= 15 is 0 Å². The molecular weight excluding hydrogens is 328 g/mol. The molecule has 132 valence electrons. The molecule has 0 bridgehead atoms. The van der Waals surface area contributed by atoms with Gasteiger partial charge >= 0.3 is 0 Å². The Bertz CT molecular complexity index is 661. The maximum Gasteiger partial charge on any atom is 0.274 e. The largest absolute Gasteiger partial charge is 0.460 e. The molecule has 0 radical (unpaired) electrons. The molecule has 3 rings (SSSR count). The molecule has 0 saturated carbocycles. The summed E-state index contributed by atoms with van der Waals surface area (Å²) in [5.74, 6) is 1.55. The number of carbonyl (C=O) groups excluding carboxylic acids is 1. The smallest absolute Gasteiger partial charge is 0.274 e. The highest BCUT2D eigenvalue weighted by molar-refractivity contribution is 5.93. The van der Waals surface area contributed by atoms with E-state index < -0.39 is 0 Å². The first-order chi connectivity index (χ1) is 11.2. The minimum absolute atomic E-state index is 0. The number of hydrogen-bond acceptors (Lipinski definition) is 4. The number of hydrogen-bond donors (Lipinski definition) is 2. The van der Waals surface area contributed by atoms with Crippen LogP contribution in [0.4, 0.5) is 0 Å². The van der Waals surface area contributed by atoms with E-state index in [1.807, 2.05) is 24.0 Å². The number of piperidine rings is 1. The number of carbonyl (C=O) groups is 1. The van der Waals surface area contributed by atoms with E-state index in [9.17, 15) is 4.79 Å². The number of furan rings is 1. The Kier molecular flexibility index (Phi) is 6.45. The number of nitrogens with zero attached hydrogens (tertiary/aromatic N) is 2. The van der Waals surface area contributed by atoms with E-state index in [0.717, 1.165) is 50.4 Å². The predicted octanol–water partition coefficient (Wildman–Crippen LogP) is 3.00. The van der Waals surface area contributed by atoms with E-state index in [-0.39, 0.29) is 18.3 Å². The minimum Gasteiger partial charge on any atom is -0.460 e. The molecular formula is C17H25ClN4O2. The van der Waals surface area contributed by atoms with Crippen molar-refractivity contribution in [3.05, 3.63) is 29.7 Å². The van der Waals surface area contributed by atoms with E-state index in [1.165, 1.54) is 0 Å². The fourth-order valence-electron chi connectivity index (χ4n) is 3.09. The highest BCUT2D eigenvalue weighted by atomic mass is 35.5. The summed E-state index contributed by atoms with van der Waals surface area (Å²) < 4.78 is 5.58. The highest BCUT2D eigenvalue weighted by Crippen LogP contribution is 2.22. The van der Waals surface area contributed by atoms with Crippen molar-refractivity contribution in [3.8, 4) is 11.5 Å². The van der Waals surface area contributed by atoms with Gasteiger partial charge in [-0.25, -0.2) is 0 Å². The molecule has 1 amide bonds. The van der Waals surface area contributed by atoms with Crippen molar-refractivity contribution in [1.82, 2.24) is 20.4 Å². The van der Waals surface area contributed by atoms with Gasteiger partial charge in [-0.05, 0) is 51.4 Å². The van der Waals surface area contributed by atoms with Crippen LogP contribution in [0.3, 0.4) is 0 Å². The SMILES string of the molecule is CCCN(C(=O)c1cc(-c2ccc(C)o2)[nH]n1)C1CCNCC1.Cl. The quantitative estimate of drug-likeness (QED) is 0.867. The van der Waals surface area contributed by atoms with E-state index in [0.29, 0.717) is 17.5 Å². The third kappa shape index (κ3) is 3.99. The summed E-state index contributed by atoms with van der Waals surface area (Å²) in [4.78, 5) is 14.9. The Balaban J connectivity index is 0.00000208. The fraction of sp³-hybridized carbons (Fsp3) is 0.529. The van der Waals surface area contributed by atoms with Crippen molar-refractivity contribution in [2.75, 3.05) is 19.6 Å². The van der Waals surface area contributed by atoms with Crippen molar-refractivity contribution >= 4 is 18.3 Å². The molecule has 3 heterocycles. The van der Waals surface area contributed by atoms with Crippen LogP contribution in [0.5, 0.6) is 0 Å². The number of aromatic amines is 1. The second-order valence-electron chi connectivity index (χ2n) is 6.06. The third-order valence-corrected chi connectivity index (χ3v) is 4.28. The molecule has 1 saturated heterocycles. The average molecular weight is 353 g/mol. The Hall–Kier alpha value is -1.79. The Morgan fingerprint density at radius 1 is 1.38 bits per heavy atom. The minimum atomic E-state index is 0. The average Bonchev–Trinajstić information content (AvgIpc) is 3.21. The normalized spacial score (nSPS) is 15.1. The van der Waals surface area contributed by atoms with Crippen LogP contribution in [-0.2, 0) is 0 Å². The molecule has 0 atom stereocenters. The summed E-state index contributed by atoms with van der Waals surface area (Å²) >= 11 is 0. The van der Waals surface area contributed by atoms with Gasteiger partial charge in [-0.3, -0.25) is 9.89 Å². The Labute approximate surface area is 148 Å². The number of rotatable bonds is 5. The van der Waals surface area contributed by atoms with Gasteiger partial charge in [0.25, 0.3) is 5.91 Å². The maximum atomic E-state index is 12.9. The first-order valence-corrected chi connectivity index (χ1v) is 8.33. The van der Waals surface area contributed by atoms with Crippen molar-refractivity contribution in [2.45, 2.75) is 39.2 Å². The number of halogens is 1. The lowest BCUT2D eigenvalue weighted by molar-refractivity contribution is 0.0636. The molecule has 1 aliphatic heterocycles. The summed E-state index contributed by atoms with van der Waals surface area (Å²) in [5.41, 5.74) is 1.20. The van der Waals surface area contributed by atoms with Gasteiger partial charge in [-0.2, -0.15) is 5.10 Å². The molecule has 1 aliphatic rings. The van der Waals surface area contributed by atoms with E-state index in [4.69, 9.17) is 4.42 Å². The zero-order valence-corrected chi connectivity index (χ0v) is 15.0. The van der Waals surface area contributed by atoms with Crippen LogP contribution < -0.4 is 5.32 Å². The molecule has 6 nitrogen and oxygen atoms in total. The van der Waals surface area contributed by atoms with Crippen LogP contribution in [0.15, 0.2) is 22.6 Å². The number of nitrogens with one attached hydrogen (secondary N) is 2. The van der Waals surface area contributed by atoms with Gasteiger partial charge in [0, 0.05) is 18.7 Å². The molecule has 2 aromatic heterocycles. The van der Waals surface area contributed by atoms with Crippen molar-refractivity contribution in [3.63, 3.8) is 0 Å².